The van der Waals surface area contributed by atoms with E-state index in [1.807, 2.05) is 35.8 Å². The molecule has 5 heteroatoms. The molecule has 0 amide bonds. The first-order valence-electron chi connectivity index (χ1n) is 5.38. The summed E-state index contributed by atoms with van der Waals surface area (Å²) in [6.45, 7) is 2.51. The third-order valence-electron chi connectivity index (χ3n) is 2.60. The number of nitrogens with zero attached hydrogens (tertiary/aromatic N) is 2. The van der Waals surface area contributed by atoms with E-state index in [4.69, 9.17) is 5.11 Å². The SMILES string of the molecule is CCc1nc2ccccc2n1CCC(=O)O.[Cl-]. The van der Waals surface area contributed by atoms with Crippen molar-refractivity contribution in [3.05, 3.63) is 30.1 Å². The van der Waals surface area contributed by atoms with Crippen molar-refractivity contribution in [2.75, 3.05) is 0 Å². The van der Waals surface area contributed by atoms with E-state index in [0.29, 0.717) is 6.54 Å². The van der Waals surface area contributed by atoms with Gasteiger partial charge >= 0.3 is 5.97 Å². The summed E-state index contributed by atoms with van der Waals surface area (Å²) >= 11 is 0. The fourth-order valence-electron chi connectivity index (χ4n) is 1.85. The van der Waals surface area contributed by atoms with Crippen molar-refractivity contribution in [1.29, 1.82) is 0 Å². The van der Waals surface area contributed by atoms with Crippen LogP contribution in [0.4, 0.5) is 0 Å². The summed E-state index contributed by atoms with van der Waals surface area (Å²) in [5, 5.41) is 8.71. The number of fused-ring (bicyclic) bond motifs is 1. The zero-order valence-corrected chi connectivity index (χ0v) is 10.3. The highest BCUT2D eigenvalue weighted by Crippen LogP contribution is 2.16. The summed E-state index contributed by atoms with van der Waals surface area (Å²) < 4.78 is 1.99. The van der Waals surface area contributed by atoms with Crippen LogP contribution in [-0.4, -0.2) is 20.6 Å². The number of imidazole rings is 1. The Labute approximate surface area is 106 Å². The summed E-state index contributed by atoms with van der Waals surface area (Å²) in [7, 11) is 0. The van der Waals surface area contributed by atoms with E-state index in [1.165, 1.54) is 0 Å². The molecule has 2 rings (SSSR count). The molecule has 17 heavy (non-hydrogen) atoms. The van der Waals surface area contributed by atoms with Crippen molar-refractivity contribution < 1.29 is 22.3 Å². The Morgan fingerprint density at radius 3 is 2.76 bits per heavy atom. The van der Waals surface area contributed by atoms with Crippen molar-refractivity contribution in [2.24, 2.45) is 0 Å². The van der Waals surface area contributed by atoms with Crippen LogP contribution in [0.3, 0.4) is 0 Å². The number of aliphatic carboxylic acids is 1. The molecule has 1 aromatic carbocycles. The van der Waals surface area contributed by atoms with Gasteiger partial charge in [0.2, 0.25) is 0 Å². The van der Waals surface area contributed by atoms with Crippen molar-refractivity contribution in [1.82, 2.24) is 9.55 Å². The number of para-hydroxylation sites is 2. The summed E-state index contributed by atoms with van der Waals surface area (Å²) in [4.78, 5) is 15.1. The van der Waals surface area contributed by atoms with E-state index in [0.717, 1.165) is 23.3 Å². The number of aryl methyl sites for hydroxylation is 2. The zero-order chi connectivity index (χ0) is 11.5. The number of aromatic nitrogens is 2. The largest absolute Gasteiger partial charge is 1.00 e. The average Bonchev–Trinajstić information content (AvgIpc) is 2.64. The number of carboxylic acids is 1. The Bertz CT molecular complexity index is 522. The van der Waals surface area contributed by atoms with Crippen LogP contribution in [0.1, 0.15) is 19.2 Å². The minimum atomic E-state index is -0.778. The first kappa shape index (κ1) is 13.5. The van der Waals surface area contributed by atoms with E-state index < -0.39 is 5.97 Å². The number of rotatable bonds is 4. The van der Waals surface area contributed by atoms with Gasteiger partial charge in [-0.2, -0.15) is 0 Å². The van der Waals surface area contributed by atoms with Gasteiger partial charge in [-0.05, 0) is 12.1 Å². The van der Waals surface area contributed by atoms with Gasteiger partial charge in [-0.3, -0.25) is 4.79 Å². The van der Waals surface area contributed by atoms with E-state index in [9.17, 15) is 4.79 Å². The Hall–Kier alpha value is -1.55. The van der Waals surface area contributed by atoms with Crippen molar-refractivity contribution in [3.63, 3.8) is 0 Å². The maximum absolute atomic E-state index is 10.6. The summed E-state index contributed by atoms with van der Waals surface area (Å²) in [5.41, 5.74) is 1.95. The second-order valence-electron chi connectivity index (χ2n) is 3.67. The van der Waals surface area contributed by atoms with Crippen LogP contribution in [0.5, 0.6) is 0 Å². The van der Waals surface area contributed by atoms with Crippen molar-refractivity contribution >= 4 is 17.0 Å². The molecule has 0 aliphatic carbocycles. The average molecular weight is 254 g/mol. The molecular formula is C12H14ClN2O2-. The lowest BCUT2D eigenvalue weighted by atomic mass is 10.3. The number of hydrogen-bond donors (Lipinski definition) is 1. The second kappa shape index (κ2) is 5.68. The molecule has 0 saturated heterocycles. The predicted molar refractivity (Wildman–Crippen MR) is 61.4 cm³/mol. The van der Waals surface area contributed by atoms with Crippen LogP contribution in [0.15, 0.2) is 24.3 Å². The first-order chi connectivity index (χ1) is 7.72. The fraction of sp³-hybridized carbons (Fsp3) is 0.333. The van der Waals surface area contributed by atoms with Crippen molar-refractivity contribution in [3.8, 4) is 0 Å². The minimum Gasteiger partial charge on any atom is -1.00 e. The highest BCUT2D eigenvalue weighted by Gasteiger charge is 2.09. The number of benzene rings is 1. The molecule has 4 nitrogen and oxygen atoms in total. The van der Waals surface area contributed by atoms with Crippen LogP contribution >= 0.6 is 0 Å². The number of carbonyl (C=O) groups is 1. The van der Waals surface area contributed by atoms with Gasteiger partial charge in [0.05, 0.1) is 17.5 Å². The summed E-state index contributed by atoms with van der Waals surface area (Å²) in [6.07, 6.45) is 0.946. The number of halogens is 1. The van der Waals surface area contributed by atoms with Crippen LogP contribution in [-0.2, 0) is 17.8 Å². The fourth-order valence-corrected chi connectivity index (χ4v) is 1.85. The Kier molecular flexibility index (Phi) is 4.52. The molecule has 0 unspecified atom stereocenters. The van der Waals surface area contributed by atoms with Gasteiger partial charge in [0.1, 0.15) is 5.82 Å². The Morgan fingerprint density at radius 1 is 1.41 bits per heavy atom. The van der Waals surface area contributed by atoms with E-state index in [2.05, 4.69) is 4.98 Å². The van der Waals surface area contributed by atoms with Gasteiger partial charge in [0.15, 0.2) is 0 Å². The van der Waals surface area contributed by atoms with Crippen LogP contribution in [0.2, 0.25) is 0 Å². The first-order valence-corrected chi connectivity index (χ1v) is 5.38. The molecular weight excluding hydrogens is 240 g/mol. The molecule has 0 bridgehead atoms. The molecule has 0 atom stereocenters. The minimum absolute atomic E-state index is 0. The number of hydrogen-bond acceptors (Lipinski definition) is 2. The Morgan fingerprint density at radius 2 is 2.12 bits per heavy atom. The zero-order valence-electron chi connectivity index (χ0n) is 9.56. The van der Waals surface area contributed by atoms with Gasteiger partial charge in [0, 0.05) is 13.0 Å². The normalized spacial score (nSPS) is 10.2. The molecule has 0 fully saturated rings. The third kappa shape index (κ3) is 2.77. The third-order valence-corrected chi connectivity index (χ3v) is 2.60. The molecule has 0 saturated carbocycles. The highest BCUT2D eigenvalue weighted by atomic mass is 35.5. The lowest BCUT2D eigenvalue weighted by Crippen LogP contribution is -3.00. The number of carboxylic acid groups (broad SMARTS) is 1. The lowest BCUT2D eigenvalue weighted by molar-refractivity contribution is -0.137. The highest BCUT2D eigenvalue weighted by molar-refractivity contribution is 5.76. The molecule has 1 heterocycles. The van der Waals surface area contributed by atoms with Gasteiger partial charge in [-0.15, -0.1) is 0 Å². The van der Waals surface area contributed by atoms with Crippen molar-refractivity contribution in [2.45, 2.75) is 26.3 Å². The Balaban J connectivity index is 0.00000144. The lowest BCUT2D eigenvalue weighted by Gasteiger charge is -2.05. The molecule has 1 aromatic heterocycles. The van der Waals surface area contributed by atoms with Crippen LogP contribution < -0.4 is 12.4 Å². The molecule has 0 radical (unpaired) electrons. The van der Waals surface area contributed by atoms with Gasteiger partial charge in [0.25, 0.3) is 0 Å². The van der Waals surface area contributed by atoms with Gasteiger partial charge in [-0.1, -0.05) is 19.1 Å². The topological polar surface area (TPSA) is 55.1 Å². The van der Waals surface area contributed by atoms with Crippen LogP contribution in [0, 0.1) is 0 Å². The smallest absolute Gasteiger partial charge is 0.305 e. The molecule has 2 aromatic rings. The molecule has 0 aliphatic heterocycles. The maximum atomic E-state index is 10.6. The monoisotopic (exact) mass is 253 g/mol. The maximum Gasteiger partial charge on any atom is 0.305 e. The quantitative estimate of drug-likeness (QED) is 0.767. The molecule has 0 aliphatic rings. The van der Waals surface area contributed by atoms with E-state index in [1.54, 1.807) is 0 Å². The van der Waals surface area contributed by atoms with E-state index in [-0.39, 0.29) is 18.8 Å². The van der Waals surface area contributed by atoms with Crippen LogP contribution in [0.25, 0.3) is 11.0 Å². The van der Waals surface area contributed by atoms with E-state index >= 15 is 0 Å². The molecule has 0 spiro atoms. The molecule has 1 N–H and O–H groups in total. The van der Waals surface area contributed by atoms with Gasteiger partial charge < -0.3 is 22.1 Å². The van der Waals surface area contributed by atoms with Gasteiger partial charge in [-0.25, -0.2) is 4.98 Å². The summed E-state index contributed by atoms with van der Waals surface area (Å²) in [6, 6.07) is 7.81. The summed E-state index contributed by atoms with van der Waals surface area (Å²) in [5.74, 6) is 0.169. The predicted octanol–water partition coefficient (Wildman–Crippen LogP) is -0.923. The standard InChI is InChI=1S/C12H14N2O2.ClH/c1-2-11-13-9-5-3-4-6-10(9)14(11)8-7-12(15)16;/h3-6H,2,7-8H2,1H3,(H,15,16);1H/p-1. The molecule has 92 valence electrons. The second-order valence-corrected chi connectivity index (χ2v) is 3.67.